The molecule has 9 heteroatoms. The van der Waals surface area contributed by atoms with Gasteiger partial charge in [-0.25, -0.2) is 8.42 Å². The maximum absolute atomic E-state index is 13.6. The number of hydrogen-bond donors (Lipinski definition) is 1. The second-order valence-corrected chi connectivity index (χ2v) is 11.7. The van der Waals surface area contributed by atoms with Crippen LogP contribution in [-0.4, -0.2) is 49.5 Å². The maximum Gasteiger partial charge on any atom is 0.244 e. The highest BCUT2D eigenvalue weighted by Gasteiger charge is 2.33. The molecule has 186 valence electrons. The van der Waals surface area contributed by atoms with Crippen molar-refractivity contribution in [2.45, 2.75) is 59.2 Å². The summed E-state index contributed by atoms with van der Waals surface area (Å²) in [6.45, 7) is 9.12. The second-order valence-electron chi connectivity index (χ2n) is 9.36. The first-order valence-electron chi connectivity index (χ1n) is 11.1. The quantitative estimate of drug-likeness (QED) is 0.552. The van der Waals surface area contributed by atoms with E-state index in [0.29, 0.717) is 17.1 Å². The molecule has 0 saturated heterocycles. The van der Waals surface area contributed by atoms with Gasteiger partial charge in [-0.1, -0.05) is 42.8 Å². The van der Waals surface area contributed by atoms with Crippen LogP contribution in [0.25, 0.3) is 0 Å². The number of amides is 2. The van der Waals surface area contributed by atoms with Gasteiger partial charge in [0.05, 0.1) is 11.9 Å². The Hall–Kier alpha value is -2.58. The number of benzene rings is 2. The molecule has 0 fully saturated rings. The first-order chi connectivity index (χ1) is 15.7. The number of carbonyl (C=O) groups is 2. The number of sulfonamides is 1. The van der Waals surface area contributed by atoms with Gasteiger partial charge in [0, 0.05) is 17.1 Å². The van der Waals surface area contributed by atoms with Gasteiger partial charge in [-0.3, -0.25) is 13.9 Å². The standard InChI is InChI=1S/C25H34ClN3O4S/c1-7-22(24(31)27-25(3,4)5)28(16-19-11-9-8-10-18(19)2)23(30)17-29(34(6,32)33)21-14-12-20(26)13-15-21/h8-15,22H,7,16-17H2,1-6H3,(H,27,31)/t22-/m0/s1. The van der Waals surface area contributed by atoms with E-state index in [1.54, 1.807) is 24.3 Å². The molecule has 0 aromatic heterocycles. The normalized spacial score (nSPS) is 12.7. The number of nitrogens with one attached hydrogen (secondary N) is 1. The molecule has 0 radical (unpaired) electrons. The number of rotatable bonds is 9. The summed E-state index contributed by atoms with van der Waals surface area (Å²) in [5.41, 5.74) is 1.70. The third-order valence-electron chi connectivity index (χ3n) is 5.28. The van der Waals surface area contributed by atoms with Crippen molar-refractivity contribution < 1.29 is 18.0 Å². The maximum atomic E-state index is 13.6. The van der Waals surface area contributed by atoms with E-state index in [4.69, 9.17) is 11.6 Å². The van der Waals surface area contributed by atoms with Crippen LogP contribution in [0.15, 0.2) is 48.5 Å². The molecule has 0 unspecified atom stereocenters. The van der Waals surface area contributed by atoms with E-state index >= 15 is 0 Å². The van der Waals surface area contributed by atoms with Gasteiger partial charge in [-0.15, -0.1) is 0 Å². The van der Waals surface area contributed by atoms with Crippen molar-refractivity contribution in [2.24, 2.45) is 0 Å². The number of nitrogens with zero attached hydrogens (tertiary/aromatic N) is 2. The molecular weight excluding hydrogens is 474 g/mol. The van der Waals surface area contributed by atoms with E-state index in [-0.39, 0.29) is 12.5 Å². The third kappa shape index (κ3) is 7.74. The number of halogens is 1. The average molecular weight is 508 g/mol. The minimum atomic E-state index is -3.78. The van der Waals surface area contributed by atoms with Crippen LogP contribution in [-0.2, 0) is 26.2 Å². The summed E-state index contributed by atoms with van der Waals surface area (Å²) in [5.74, 6) is -0.756. The summed E-state index contributed by atoms with van der Waals surface area (Å²) in [7, 11) is -3.78. The van der Waals surface area contributed by atoms with E-state index in [2.05, 4.69) is 5.32 Å². The van der Waals surface area contributed by atoms with Crippen molar-refractivity contribution in [3.63, 3.8) is 0 Å². The molecule has 0 aliphatic heterocycles. The van der Waals surface area contributed by atoms with E-state index in [1.165, 1.54) is 4.90 Å². The van der Waals surface area contributed by atoms with Crippen molar-refractivity contribution in [1.29, 1.82) is 0 Å². The lowest BCUT2D eigenvalue weighted by Crippen LogP contribution is -2.55. The second kappa shape index (κ2) is 11.2. The molecule has 1 N–H and O–H groups in total. The van der Waals surface area contributed by atoms with Crippen molar-refractivity contribution in [2.75, 3.05) is 17.1 Å². The van der Waals surface area contributed by atoms with Gasteiger partial charge in [-0.2, -0.15) is 0 Å². The molecule has 0 aliphatic carbocycles. The van der Waals surface area contributed by atoms with Gasteiger partial charge in [0.15, 0.2) is 0 Å². The van der Waals surface area contributed by atoms with Crippen LogP contribution in [0, 0.1) is 6.92 Å². The zero-order valence-corrected chi connectivity index (χ0v) is 22.2. The molecular formula is C25H34ClN3O4S. The molecule has 0 heterocycles. The van der Waals surface area contributed by atoms with Gasteiger partial charge in [-0.05, 0) is 69.5 Å². The molecule has 1 atom stereocenters. The van der Waals surface area contributed by atoms with Crippen LogP contribution in [0.4, 0.5) is 5.69 Å². The van der Waals surface area contributed by atoms with Gasteiger partial charge in [0.1, 0.15) is 12.6 Å². The number of hydrogen-bond acceptors (Lipinski definition) is 4. The topological polar surface area (TPSA) is 86.8 Å². The fraction of sp³-hybridized carbons (Fsp3) is 0.440. The Balaban J connectivity index is 2.46. The Morgan fingerprint density at radius 1 is 1.06 bits per heavy atom. The number of carbonyl (C=O) groups excluding carboxylic acids is 2. The lowest BCUT2D eigenvalue weighted by atomic mass is 10.0. The summed E-state index contributed by atoms with van der Waals surface area (Å²) in [6.07, 6.45) is 1.42. The monoisotopic (exact) mass is 507 g/mol. The molecule has 0 saturated carbocycles. The molecule has 0 aliphatic rings. The Labute approximate surface area is 208 Å². The fourth-order valence-electron chi connectivity index (χ4n) is 3.56. The fourth-order valence-corrected chi connectivity index (χ4v) is 4.54. The van der Waals surface area contributed by atoms with E-state index in [9.17, 15) is 18.0 Å². The largest absolute Gasteiger partial charge is 0.350 e. The van der Waals surface area contributed by atoms with Gasteiger partial charge < -0.3 is 10.2 Å². The van der Waals surface area contributed by atoms with Crippen molar-refractivity contribution >= 4 is 39.1 Å². The first kappa shape index (κ1) is 27.7. The molecule has 2 amide bonds. The molecule has 2 rings (SSSR count). The smallest absolute Gasteiger partial charge is 0.244 e. The minimum absolute atomic E-state index is 0.180. The summed E-state index contributed by atoms with van der Waals surface area (Å²) in [5, 5.41) is 3.40. The lowest BCUT2D eigenvalue weighted by Gasteiger charge is -2.34. The van der Waals surface area contributed by atoms with Crippen LogP contribution in [0.3, 0.4) is 0 Å². The molecule has 7 nitrogen and oxygen atoms in total. The predicted octanol–water partition coefficient (Wildman–Crippen LogP) is 4.14. The number of anilines is 1. The highest BCUT2D eigenvalue weighted by molar-refractivity contribution is 7.92. The van der Waals surface area contributed by atoms with Crippen molar-refractivity contribution in [1.82, 2.24) is 10.2 Å². The third-order valence-corrected chi connectivity index (χ3v) is 6.67. The van der Waals surface area contributed by atoms with Crippen LogP contribution in [0.1, 0.15) is 45.2 Å². The average Bonchev–Trinajstić information content (AvgIpc) is 2.71. The summed E-state index contributed by atoms with van der Waals surface area (Å²) >= 11 is 5.95. The highest BCUT2D eigenvalue weighted by Crippen LogP contribution is 2.22. The molecule has 34 heavy (non-hydrogen) atoms. The van der Waals surface area contributed by atoms with E-state index in [0.717, 1.165) is 21.7 Å². The summed E-state index contributed by atoms with van der Waals surface area (Å²) < 4.78 is 26.2. The molecule has 0 bridgehead atoms. The Morgan fingerprint density at radius 3 is 2.15 bits per heavy atom. The predicted molar refractivity (Wildman–Crippen MR) is 137 cm³/mol. The molecule has 0 spiro atoms. The zero-order chi connectivity index (χ0) is 25.7. The Kier molecular flexibility index (Phi) is 9.14. The highest BCUT2D eigenvalue weighted by atomic mass is 35.5. The minimum Gasteiger partial charge on any atom is -0.350 e. The Bertz CT molecular complexity index is 1110. The Morgan fingerprint density at radius 2 is 1.65 bits per heavy atom. The van der Waals surface area contributed by atoms with E-state index in [1.807, 2.05) is 58.9 Å². The molecule has 2 aromatic carbocycles. The van der Waals surface area contributed by atoms with Gasteiger partial charge in [0.2, 0.25) is 21.8 Å². The first-order valence-corrected chi connectivity index (χ1v) is 13.3. The van der Waals surface area contributed by atoms with Gasteiger partial charge >= 0.3 is 0 Å². The van der Waals surface area contributed by atoms with Crippen LogP contribution in [0.5, 0.6) is 0 Å². The number of aryl methyl sites for hydroxylation is 1. The van der Waals surface area contributed by atoms with Crippen LogP contribution < -0.4 is 9.62 Å². The van der Waals surface area contributed by atoms with Crippen molar-refractivity contribution in [3.8, 4) is 0 Å². The van der Waals surface area contributed by atoms with E-state index < -0.39 is 34.1 Å². The molecule has 2 aromatic rings. The van der Waals surface area contributed by atoms with Crippen molar-refractivity contribution in [3.05, 3.63) is 64.7 Å². The summed E-state index contributed by atoms with van der Waals surface area (Å²) in [4.78, 5) is 28.3. The zero-order valence-electron chi connectivity index (χ0n) is 20.6. The summed E-state index contributed by atoms with van der Waals surface area (Å²) in [6, 6.07) is 13.1. The van der Waals surface area contributed by atoms with Crippen LogP contribution in [0.2, 0.25) is 5.02 Å². The lowest BCUT2D eigenvalue weighted by molar-refractivity contribution is -0.141. The van der Waals surface area contributed by atoms with Gasteiger partial charge in [0.25, 0.3) is 0 Å². The SMILES string of the molecule is CC[C@@H](C(=O)NC(C)(C)C)N(Cc1ccccc1C)C(=O)CN(c1ccc(Cl)cc1)S(C)(=O)=O. The van der Waals surface area contributed by atoms with Crippen LogP contribution >= 0.6 is 11.6 Å².